The van der Waals surface area contributed by atoms with Crippen LogP contribution in [0.25, 0.3) is 27.0 Å². The molecule has 0 amide bonds. The third-order valence-corrected chi connectivity index (χ3v) is 5.13. The average Bonchev–Trinajstić information content (AvgIpc) is 3.10. The summed E-state index contributed by atoms with van der Waals surface area (Å²) in [6.07, 6.45) is 0. The average molecular weight is 426 g/mol. The van der Waals surface area contributed by atoms with Gasteiger partial charge in [0.15, 0.2) is 11.7 Å². The van der Waals surface area contributed by atoms with E-state index in [2.05, 4.69) is 25.6 Å². The van der Waals surface area contributed by atoms with E-state index in [1.165, 1.54) is 6.07 Å². The van der Waals surface area contributed by atoms with Crippen molar-refractivity contribution in [3.05, 3.63) is 46.5 Å². The fourth-order valence-electron chi connectivity index (χ4n) is 3.88. The van der Waals surface area contributed by atoms with Crippen LogP contribution in [0.15, 0.2) is 29.4 Å². The minimum absolute atomic E-state index is 0.134. The zero-order valence-corrected chi connectivity index (χ0v) is 18.6. The molecule has 162 valence electrons. The normalized spacial score (nSPS) is 14.9. The van der Waals surface area contributed by atoms with E-state index in [9.17, 15) is 0 Å². The van der Waals surface area contributed by atoms with Gasteiger partial charge in [-0.3, -0.25) is 5.10 Å². The summed E-state index contributed by atoms with van der Waals surface area (Å²) in [5.41, 5.74) is 1.70. The summed E-state index contributed by atoms with van der Waals surface area (Å²) >= 11 is 0. The molecular formula is C23H27F2N6+. The Balaban J connectivity index is 0.00000132. The standard InChI is InChI=1S/C21H21F2N6.C2H6/c1-11-13-7-6-8-14(19(13)28-26-11)17-15(22)9-16-20(18(17)23)29(12(2)27-24-5)10-21(3,4)25-16;1-2/h5-9,25H,10H2,1-4H3,(H,26,28);1-2H3/q+1;/b27-12-;. The van der Waals surface area contributed by atoms with Gasteiger partial charge in [-0.1, -0.05) is 32.0 Å². The molecule has 0 spiro atoms. The van der Waals surface area contributed by atoms with Crippen molar-refractivity contribution < 1.29 is 8.78 Å². The number of hydrogen-bond donors (Lipinski definition) is 2. The number of amidine groups is 1. The van der Waals surface area contributed by atoms with Gasteiger partial charge in [-0.2, -0.15) is 5.10 Å². The second kappa shape index (κ2) is 8.34. The lowest BCUT2D eigenvalue weighted by Gasteiger charge is -2.41. The monoisotopic (exact) mass is 425 g/mol. The quantitative estimate of drug-likeness (QED) is 0.279. The molecule has 2 heterocycles. The number of halogens is 2. The number of nitrogens with zero attached hydrogens (tertiary/aromatic N) is 4. The maximum absolute atomic E-state index is 15.9. The SMILES string of the molecule is C#[N+]/N=C(/C)N1CC(C)(C)Nc2cc(F)c(-c3cccc4c(C)[nH]nc34)c(F)c21.CC. The van der Waals surface area contributed by atoms with Crippen LogP contribution in [0, 0.1) is 25.1 Å². The molecule has 0 fully saturated rings. The van der Waals surface area contributed by atoms with Crippen molar-refractivity contribution in [1.29, 1.82) is 0 Å². The molecule has 4 rings (SSSR count). The molecule has 8 heteroatoms. The van der Waals surface area contributed by atoms with Crippen LogP contribution in [0.3, 0.4) is 0 Å². The van der Waals surface area contributed by atoms with Gasteiger partial charge in [0.2, 0.25) is 0 Å². The Kier molecular flexibility index (Phi) is 5.98. The largest absolute Gasteiger partial charge is 0.377 e. The number of aryl methyl sites for hydroxylation is 1. The first kappa shape index (κ1) is 22.2. The number of H-pyrrole nitrogens is 1. The third-order valence-electron chi connectivity index (χ3n) is 5.13. The Labute approximate surface area is 180 Å². The Morgan fingerprint density at radius 1 is 1.29 bits per heavy atom. The fourth-order valence-corrected chi connectivity index (χ4v) is 3.88. The van der Waals surface area contributed by atoms with Crippen LogP contribution in [0.1, 0.15) is 40.3 Å². The number of fused-ring (bicyclic) bond motifs is 2. The predicted octanol–water partition coefficient (Wildman–Crippen LogP) is 6.15. The van der Waals surface area contributed by atoms with E-state index in [1.54, 1.807) is 24.0 Å². The van der Waals surface area contributed by atoms with Crippen molar-refractivity contribution in [2.45, 2.75) is 47.1 Å². The van der Waals surface area contributed by atoms with Crippen molar-refractivity contribution in [2.75, 3.05) is 16.8 Å². The molecule has 1 aliphatic heterocycles. The highest BCUT2D eigenvalue weighted by Gasteiger charge is 2.36. The van der Waals surface area contributed by atoms with Gasteiger partial charge >= 0.3 is 6.57 Å². The second-order valence-corrected chi connectivity index (χ2v) is 7.85. The van der Waals surface area contributed by atoms with Crippen LogP contribution in [0.4, 0.5) is 20.2 Å². The first-order valence-electron chi connectivity index (χ1n) is 10.2. The van der Waals surface area contributed by atoms with Crippen molar-refractivity contribution in [3.63, 3.8) is 0 Å². The van der Waals surface area contributed by atoms with Crippen LogP contribution >= 0.6 is 0 Å². The van der Waals surface area contributed by atoms with Gasteiger partial charge in [0.25, 0.3) is 0 Å². The fraction of sp³-hybridized carbons (Fsp3) is 0.348. The molecule has 0 atom stereocenters. The number of anilines is 2. The van der Waals surface area contributed by atoms with Crippen LogP contribution in [-0.2, 0) is 0 Å². The molecule has 0 unspecified atom stereocenters. The zero-order chi connectivity index (χ0) is 22.9. The number of hydrogen-bond acceptors (Lipinski definition) is 3. The van der Waals surface area contributed by atoms with Gasteiger partial charge in [-0.25, -0.2) is 8.78 Å². The Bertz CT molecular complexity index is 1200. The lowest BCUT2D eigenvalue weighted by molar-refractivity contribution is 0.541. The number of para-hydroxylation sites is 1. The molecular weight excluding hydrogens is 398 g/mol. The van der Waals surface area contributed by atoms with Crippen molar-refractivity contribution in [1.82, 2.24) is 10.2 Å². The van der Waals surface area contributed by atoms with E-state index in [1.807, 2.05) is 40.7 Å². The lowest BCUT2D eigenvalue weighted by Crippen LogP contribution is -2.50. The Morgan fingerprint density at radius 2 is 2.00 bits per heavy atom. The van der Waals surface area contributed by atoms with E-state index < -0.39 is 17.2 Å². The van der Waals surface area contributed by atoms with E-state index in [-0.39, 0.29) is 11.3 Å². The highest BCUT2D eigenvalue weighted by Crippen LogP contribution is 2.43. The number of rotatable bonds is 1. The maximum Gasteiger partial charge on any atom is 0.307 e. The number of aromatic amines is 1. The minimum atomic E-state index is -0.692. The molecule has 6 nitrogen and oxygen atoms in total. The van der Waals surface area contributed by atoms with Gasteiger partial charge in [0.1, 0.15) is 27.1 Å². The summed E-state index contributed by atoms with van der Waals surface area (Å²) in [5, 5.41) is 15.0. The number of nitrogens with one attached hydrogen (secondary N) is 2. The number of benzene rings is 2. The first-order valence-corrected chi connectivity index (χ1v) is 10.2. The smallest absolute Gasteiger partial charge is 0.307 e. The second-order valence-electron chi connectivity index (χ2n) is 7.85. The predicted molar refractivity (Wildman–Crippen MR) is 124 cm³/mol. The van der Waals surface area contributed by atoms with E-state index in [4.69, 9.17) is 6.57 Å². The van der Waals surface area contributed by atoms with Gasteiger partial charge in [-0.05, 0) is 26.8 Å². The third kappa shape index (κ3) is 3.83. The maximum atomic E-state index is 15.9. The van der Waals surface area contributed by atoms with Crippen LogP contribution in [0.2, 0.25) is 0 Å². The minimum Gasteiger partial charge on any atom is -0.377 e. The molecule has 0 saturated heterocycles. The summed E-state index contributed by atoms with van der Waals surface area (Å²) in [6.45, 7) is 17.0. The Morgan fingerprint density at radius 3 is 2.68 bits per heavy atom. The molecule has 0 aliphatic carbocycles. The van der Waals surface area contributed by atoms with Crippen molar-refractivity contribution in [3.8, 4) is 17.7 Å². The van der Waals surface area contributed by atoms with E-state index in [0.717, 1.165) is 11.1 Å². The molecule has 3 aromatic rings. The highest BCUT2D eigenvalue weighted by molar-refractivity contribution is 6.03. The summed E-state index contributed by atoms with van der Waals surface area (Å²) in [6, 6.07) is 6.60. The molecule has 2 N–H and O–H groups in total. The number of aromatic nitrogens is 2. The highest BCUT2D eigenvalue weighted by atomic mass is 19.1. The molecule has 0 bridgehead atoms. The van der Waals surface area contributed by atoms with Gasteiger partial charge < -0.3 is 10.2 Å². The summed E-state index contributed by atoms with van der Waals surface area (Å²) in [4.78, 5) is 4.98. The van der Waals surface area contributed by atoms with E-state index >= 15 is 8.78 Å². The van der Waals surface area contributed by atoms with Crippen LogP contribution < -0.4 is 10.2 Å². The Hall–Kier alpha value is -3.47. The van der Waals surface area contributed by atoms with Crippen LogP contribution in [0.5, 0.6) is 0 Å². The molecule has 1 aromatic heterocycles. The molecule has 31 heavy (non-hydrogen) atoms. The van der Waals surface area contributed by atoms with Crippen molar-refractivity contribution in [2.24, 2.45) is 5.10 Å². The van der Waals surface area contributed by atoms with Gasteiger partial charge in [-0.15, -0.1) is 0 Å². The summed E-state index contributed by atoms with van der Waals surface area (Å²) < 4.78 is 31.0. The molecule has 0 saturated carbocycles. The zero-order valence-electron chi connectivity index (χ0n) is 18.6. The van der Waals surface area contributed by atoms with E-state index in [0.29, 0.717) is 29.1 Å². The van der Waals surface area contributed by atoms with Gasteiger partial charge in [0.05, 0.1) is 11.3 Å². The van der Waals surface area contributed by atoms with Gasteiger partial charge in [0, 0.05) is 35.7 Å². The topological polar surface area (TPSA) is 60.7 Å². The summed E-state index contributed by atoms with van der Waals surface area (Å²) in [5.74, 6) is -0.950. The summed E-state index contributed by atoms with van der Waals surface area (Å²) in [7, 11) is 0. The van der Waals surface area contributed by atoms with Crippen molar-refractivity contribution >= 4 is 28.1 Å². The lowest BCUT2D eigenvalue weighted by atomic mass is 9.94. The molecule has 1 aliphatic rings. The molecule has 0 radical (unpaired) electrons. The first-order chi connectivity index (χ1) is 14.7. The molecule has 2 aromatic carbocycles. The van der Waals surface area contributed by atoms with Crippen LogP contribution in [-0.4, -0.2) is 28.1 Å².